The van der Waals surface area contributed by atoms with Crippen molar-refractivity contribution >= 4 is 57.3 Å². The minimum atomic E-state index is -3.02. The van der Waals surface area contributed by atoms with Gasteiger partial charge in [0.2, 0.25) is 0 Å². The highest BCUT2D eigenvalue weighted by Crippen LogP contribution is 2.30. The van der Waals surface area contributed by atoms with E-state index in [4.69, 9.17) is 42.7 Å². The fourth-order valence-electron chi connectivity index (χ4n) is 2.43. The smallest absolute Gasteiger partial charge is 0.381 e. The third-order valence-corrected chi connectivity index (χ3v) is 7.32. The number of esters is 2. The first-order valence-corrected chi connectivity index (χ1v) is 14.3. The molecule has 0 amide bonds. The Morgan fingerprint density at radius 2 is 1.60 bits per heavy atom. The van der Waals surface area contributed by atoms with Crippen LogP contribution in [-0.4, -0.2) is 30.8 Å². The molecule has 0 radical (unpaired) electrons. The van der Waals surface area contributed by atoms with Crippen molar-refractivity contribution < 1.29 is 23.8 Å². The van der Waals surface area contributed by atoms with Crippen LogP contribution in [0.15, 0.2) is 54.6 Å². The van der Waals surface area contributed by atoms with Crippen molar-refractivity contribution in [2.24, 2.45) is 0 Å². The summed E-state index contributed by atoms with van der Waals surface area (Å²) in [5.74, 6) is -0.0679. The first kappa shape index (κ1) is 24.3. The Bertz CT molecular complexity index is 877. The van der Waals surface area contributed by atoms with Crippen LogP contribution >= 0.6 is 33.2 Å². The van der Waals surface area contributed by atoms with E-state index in [2.05, 4.69) is 4.74 Å². The van der Waals surface area contributed by atoms with E-state index in [-0.39, 0.29) is 0 Å². The summed E-state index contributed by atoms with van der Waals surface area (Å²) in [6.45, 7) is 1.99. The van der Waals surface area contributed by atoms with Gasteiger partial charge in [-0.05, 0) is 54.5 Å². The zero-order valence-corrected chi connectivity index (χ0v) is 19.7. The number of carbonyl (C=O) groups excluding carboxylic acids is 2. The van der Waals surface area contributed by atoms with E-state index in [9.17, 15) is 9.59 Å². The predicted molar refractivity (Wildman–Crippen MR) is 122 cm³/mol. The molecule has 0 aliphatic rings. The molecule has 5 nitrogen and oxygen atoms in total. The van der Waals surface area contributed by atoms with Gasteiger partial charge in [-0.25, -0.2) is 9.59 Å². The molecule has 0 saturated heterocycles. The van der Waals surface area contributed by atoms with Crippen molar-refractivity contribution in [3.8, 4) is 11.5 Å². The number of benzene rings is 2. The van der Waals surface area contributed by atoms with Gasteiger partial charge < -0.3 is 14.2 Å². The molecule has 160 valence electrons. The molecule has 2 rings (SSSR count). The molecule has 2 aromatic rings. The normalized spacial score (nSPS) is 12.4. The van der Waals surface area contributed by atoms with Gasteiger partial charge in [-0.3, -0.25) is 0 Å². The second kappa shape index (κ2) is 11.4. The summed E-state index contributed by atoms with van der Waals surface area (Å²) >= 11 is 18.3. The summed E-state index contributed by atoms with van der Waals surface area (Å²) < 4.78 is 15.7. The van der Waals surface area contributed by atoms with Crippen LogP contribution in [0.5, 0.6) is 11.5 Å². The van der Waals surface area contributed by atoms with Crippen molar-refractivity contribution in [2.75, 3.05) is 7.11 Å². The molecular weight excluding hydrogens is 467 g/mol. The summed E-state index contributed by atoms with van der Waals surface area (Å²) in [7, 11) is 1.31. The Hall–Kier alpha value is -1.99. The predicted octanol–water partition coefficient (Wildman–Crippen LogP) is 5.83. The van der Waals surface area contributed by atoms with Gasteiger partial charge in [0.05, 0.1) is 12.7 Å². The number of ether oxygens (including phenoxy) is 3. The van der Waals surface area contributed by atoms with E-state index in [1.54, 1.807) is 54.6 Å². The molecule has 0 fully saturated rings. The first-order valence-electron chi connectivity index (χ1n) is 9.14. The Labute approximate surface area is 190 Å². The van der Waals surface area contributed by atoms with Crippen LogP contribution in [0.3, 0.4) is 0 Å². The van der Waals surface area contributed by atoms with Crippen LogP contribution in [0.1, 0.15) is 35.7 Å². The van der Waals surface area contributed by atoms with Gasteiger partial charge in [-0.15, -0.1) is 33.2 Å². The minimum absolute atomic E-state index is 0.357. The molecule has 9 heteroatoms. The summed E-state index contributed by atoms with van der Waals surface area (Å²) in [5, 5.41) is 0. The monoisotopic (exact) mass is 486 g/mol. The quantitative estimate of drug-likeness (QED) is 0.146. The Morgan fingerprint density at radius 3 is 2.13 bits per heavy atom. The molecule has 0 saturated carbocycles. The third-order valence-electron chi connectivity index (χ3n) is 3.99. The molecule has 2 aromatic carbocycles. The lowest BCUT2D eigenvalue weighted by Crippen LogP contribution is -2.36. The molecule has 1 unspecified atom stereocenters. The Balaban J connectivity index is 1.99. The Morgan fingerprint density at radius 1 is 1.00 bits per heavy atom. The SMILES string of the molecule is CCCC(Oc1ccc(C(=O)Oc2ccc(/C=C/C(=O)OC)cc2)cc1)[Si](Cl)(Cl)Cl. The molecule has 0 heterocycles. The summed E-state index contributed by atoms with van der Waals surface area (Å²) in [5.41, 5.74) is 0.660. The lowest BCUT2D eigenvalue weighted by molar-refractivity contribution is -0.134. The third kappa shape index (κ3) is 7.68. The maximum atomic E-state index is 12.4. The van der Waals surface area contributed by atoms with Crippen LogP contribution in [0.4, 0.5) is 0 Å². The van der Waals surface area contributed by atoms with Gasteiger partial charge in [0, 0.05) is 6.08 Å². The van der Waals surface area contributed by atoms with Crippen molar-refractivity contribution in [1.29, 1.82) is 0 Å². The molecule has 0 spiro atoms. The number of hydrogen-bond donors (Lipinski definition) is 0. The van der Waals surface area contributed by atoms with Crippen molar-refractivity contribution in [3.05, 3.63) is 65.7 Å². The number of carbonyl (C=O) groups is 2. The van der Waals surface area contributed by atoms with Gasteiger partial charge in [-0.1, -0.05) is 25.5 Å². The lowest BCUT2D eigenvalue weighted by Gasteiger charge is -2.23. The maximum Gasteiger partial charge on any atom is 0.381 e. The number of hydrogen-bond acceptors (Lipinski definition) is 5. The first-order chi connectivity index (χ1) is 14.2. The molecule has 0 N–H and O–H groups in total. The van der Waals surface area contributed by atoms with Gasteiger partial charge in [0.1, 0.15) is 17.2 Å². The fourth-order valence-corrected chi connectivity index (χ4v) is 4.70. The molecule has 0 aliphatic heterocycles. The zero-order chi connectivity index (χ0) is 22.1. The molecule has 0 aliphatic carbocycles. The number of halogens is 3. The molecule has 1 atom stereocenters. The van der Waals surface area contributed by atoms with E-state index in [1.807, 2.05) is 6.92 Å². The topological polar surface area (TPSA) is 61.8 Å². The highest BCUT2D eigenvalue weighted by molar-refractivity contribution is 7.65. The average Bonchev–Trinajstić information content (AvgIpc) is 2.72. The largest absolute Gasteiger partial charge is 0.490 e. The van der Waals surface area contributed by atoms with E-state index in [0.29, 0.717) is 23.5 Å². The van der Waals surface area contributed by atoms with Crippen LogP contribution in [0.2, 0.25) is 0 Å². The summed E-state index contributed by atoms with van der Waals surface area (Å²) in [6, 6.07) is 10.1. The second-order valence-corrected chi connectivity index (χ2v) is 15.1. The average molecular weight is 488 g/mol. The Kier molecular flexibility index (Phi) is 9.24. The van der Waals surface area contributed by atoms with Crippen molar-refractivity contribution in [1.82, 2.24) is 0 Å². The molecule has 0 bridgehead atoms. The highest BCUT2D eigenvalue weighted by Gasteiger charge is 2.38. The fraction of sp³-hybridized carbons (Fsp3) is 0.238. The van der Waals surface area contributed by atoms with E-state index < -0.39 is 23.7 Å². The number of methoxy groups -OCH3 is 1. The second-order valence-electron chi connectivity index (χ2n) is 6.28. The van der Waals surface area contributed by atoms with E-state index in [0.717, 1.165) is 12.0 Å². The highest BCUT2D eigenvalue weighted by atomic mass is 35.8. The summed E-state index contributed by atoms with van der Waals surface area (Å²) in [4.78, 5) is 23.5. The van der Waals surface area contributed by atoms with Crippen molar-refractivity contribution in [2.45, 2.75) is 25.5 Å². The minimum Gasteiger partial charge on any atom is -0.490 e. The maximum absolute atomic E-state index is 12.4. The molecular formula is C21H21Cl3O5Si. The lowest BCUT2D eigenvalue weighted by atomic mass is 10.2. The van der Waals surface area contributed by atoms with Gasteiger partial charge >= 0.3 is 17.9 Å². The van der Waals surface area contributed by atoms with E-state index >= 15 is 0 Å². The van der Waals surface area contributed by atoms with Crippen LogP contribution in [0.25, 0.3) is 6.08 Å². The molecule has 0 aromatic heterocycles. The number of rotatable bonds is 9. The van der Waals surface area contributed by atoms with Gasteiger partial charge in [-0.2, -0.15) is 0 Å². The van der Waals surface area contributed by atoms with Crippen molar-refractivity contribution in [3.63, 3.8) is 0 Å². The van der Waals surface area contributed by atoms with Gasteiger partial charge in [0.15, 0.2) is 0 Å². The van der Waals surface area contributed by atoms with E-state index in [1.165, 1.54) is 13.2 Å². The standard InChI is InChI=1S/C21H21Cl3O5Si/c1-3-4-20(30(22,23)24)28-17-12-8-16(9-13-17)21(26)29-18-10-5-15(6-11-18)7-14-19(25)27-2/h5-14,20H,3-4H2,1-2H3/b14-7+. The summed E-state index contributed by atoms with van der Waals surface area (Å²) in [6.07, 6.45) is 4.37. The van der Waals surface area contributed by atoms with Crippen LogP contribution < -0.4 is 9.47 Å². The van der Waals surface area contributed by atoms with Crippen LogP contribution in [-0.2, 0) is 9.53 Å². The molecule has 30 heavy (non-hydrogen) atoms. The zero-order valence-electron chi connectivity index (χ0n) is 16.4. The van der Waals surface area contributed by atoms with Crippen LogP contribution in [0, 0.1) is 0 Å². The van der Waals surface area contributed by atoms with Gasteiger partial charge in [0.25, 0.3) is 0 Å².